The zero-order valence-corrected chi connectivity index (χ0v) is 9.35. The first-order valence-corrected chi connectivity index (χ1v) is 5.05. The lowest BCUT2D eigenvalue weighted by molar-refractivity contribution is 0.0672. The van der Waals surface area contributed by atoms with E-state index in [1.165, 1.54) is 0 Å². The summed E-state index contributed by atoms with van der Waals surface area (Å²) in [5.41, 5.74) is 7.01. The number of nitrogens with two attached hydrogens (primary N) is 1. The summed E-state index contributed by atoms with van der Waals surface area (Å²) < 4.78 is 12.0. The molecule has 1 rings (SSSR count). The molecule has 1 atom stereocenters. The van der Waals surface area contributed by atoms with Crippen molar-refractivity contribution in [3.8, 4) is 0 Å². The second-order valence-electron chi connectivity index (χ2n) is 3.45. The monoisotopic (exact) mass is 213 g/mol. The highest BCUT2D eigenvalue weighted by molar-refractivity contribution is 5.08. The second kappa shape index (κ2) is 6.55. The van der Waals surface area contributed by atoms with Crippen LogP contribution in [0.25, 0.3) is 0 Å². The van der Waals surface area contributed by atoms with E-state index in [-0.39, 0.29) is 6.04 Å². The molecule has 0 spiro atoms. The molecular formula is C10H19N3O2. The van der Waals surface area contributed by atoms with Crippen molar-refractivity contribution in [3.63, 3.8) is 0 Å². The van der Waals surface area contributed by atoms with Gasteiger partial charge in [0.25, 0.3) is 0 Å². The van der Waals surface area contributed by atoms with E-state index in [1.807, 2.05) is 13.2 Å². The number of rotatable bonds is 7. The fraction of sp³-hybridized carbons (Fsp3) is 0.700. The van der Waals surface area contributed by atoms with Crippen molar-refractivity contribution >= 4 is 0 Å². The largest absolute Gasteiger partial charge is 0.382 e. The third-order valence-electron chi connectivity index (χ3n) is 2.16. The van der Waals surface area contributed by atoms with E-state index >= 15 is 0 Å². The van der Waals surface area contributed by atoms with Gasteiger partial charge in [-0.1, -0.05) is 0 Å². The average Bonchev–Trinajstić information content (AvgIpc) is 2.64. The molecule has 0 aromatic carbocycles. The summed E-state index contributed by atoms with van der Waals surface area (Å²) in [6, 6.07) is 0.00115. The van der Waals surface area contributed by atoms with Crippen LogP contribution in [0.5, 0.6) is 0 Å². The van der Waals surface area contributed by atoms with Crippen LogP contribution in [0.2, 0.25) is 0 Å². The summed E-state index contributed by atoms with van der Waals surface area (Å²) in [6.45, 7) is 1.90. The van der Waals surface area contributed by atoms with E-state index < -0.39 is 0 Å². The summed E-state index contributed by atoms with van der Waals surface area (Å²) >= 11 is 0. The van der Waals surface area contributed by atoms with Crippen molar-refractivity contribution in [2.24, 2.45) is 12.8 Å². The number of aryl methyl sites for hydroxylation is 1. The lowest BCUT2D eigenvalue weighted by atomic mass is 10.1. The topological polar surface area (TPSA) is 62.3 Å². The van der Waals surface area contributed by atoms with Crippen LogP contribution in [-0.2, 0) is 16.5 Å². The van der Waals surface area contributed by atoms with E-state index in [1.54, 1.807) is 18.0 Å². The molecule has 1 aromatic rings. The van der Waals surface area contributed by atoms with Gasteiger partial charge >= 0.3 is 0 Å². The number of hydrogen-bond donors (Lipinski definition) is 1. The molecule has 0 saturated heterocycles. The Hall–Kier alpha value is -0.910. The molecule has 1 aromatic heterocycles. The summed E-state index contributed by atoms with van der Waals surface area (Å²) in [5.74, 6) is 0. The maximum absolute atomic E-state index is 5.96. The maximum Gasteiger partial charge on any atom is 0.0700 e. The first-order valence-electron chi connectivity index (χ1n) is 5.05. The predicted octanol–water partition coefficient (Wildman–Crippen LogP) is 0.473. The molecule has 5 heteroatoms. The number of nitrogens with zero attached hydrogens (tertiary/aromatic N) is 2. The smallest absolute Gasteiger partial charge is 0.0700 e. The molecule has 2 N–H and O–H groups in total. The predicted molar refractivity (Wildman–Crippen MR) is 57.4 cm³/mol. The summed E-state index contributed by atoms with van der Waals surface area (Å²) in [5, 5.41) is 4.07. The standard InChI is InChI=1S/C10H19N3O2/c1-13-8-9(7-12-13)10(11)3-4-15-6-5-14-2/h7-8,10H,3-6,11H2,1-2H3. The third-order valence-corrected chi connectivity index (χ3v) is 2.16. The first kappa shape index (κ1) is 12.2. The van der Waals surface area contributed by atoms with E-state index in [4.69, 9.17) is 15.2 Å². The SMILES string of the molecule is COCCOCCC(N)c1cnn(C)c1. The Kier molecular flexibility index (Phi) is 5.31. The van der Waals surface area contributed by atoms with Crippen LogP contribution in [0.4, 0.5) is 0 Å². The van der Waals surface area contributed by atoms with Crippen molar-refractivity contribution in [1.82, 2.24) is 9.78 Å². The summed E-state index contributed by atoms with van der Waals surface area (Å²) in [7, 11) is 3.54. The molecule has 0 radical (unpaired) electrons. The molecule has 5 nitrogen and oxygen atoms in total. The van der Waals surface area contributed by atoms with Gasteiger partial charge in [-0.05, 0) is 6.42 Å². The number of methoxy groups -OCH3 is 1. The van der Waals surface area contributed by atoms with Crippen LogP contribution < -0.4 is 5.73 Å². The quantitative estimate of drug-likeness (QED) is 0.669. The van der Waals surface area contributed by atoms with E-state index in [2.05, 4.69) is 5.10 Å². The van der Waals surface area contributed by atoms with Crippen LogP contribution in [-0.4, -0.2) is 36.7 Å². The fourth-order valence-corrected chi connectivity index (χ4v) is 1.25. The van der Waals surface area contributed by atoms with Crippen LogP contribution in [0.15, 0.2) is 12.4 Å². The lowest BCUT2D eigenvalue weighted by Gasteiger charge is -2.09. The molecule has 15 heavy (non-hydrogen) atoms. The van der Waals surface area contributed by atoms with Gasteiger partial charge < -0.3 is 15.2 Å². The van der Waals surface area contributed by atoms with Gasteiger partial charge in [0.2, 0.25) is 0 Å². The minimum absolute atomic E-state index is 0.00115. The van der Waals surface area contributed by atoms with E-state index in [9.17, 15) is 0 Å². The van der Waals surface area contributed by atoms with Crippen molar-refractivity contribution in [2.75, 3.05) is 26.9 Å². The number of aromatic nitrogens is 2. The zero-order valence-electron chi connectivity index (χ0n) is 9.35. The Morgan fingerprint density at radius 3 is 2.87 bits per heavy atom. The van der Waals surface area contributed by atoms with Gasteiger partial charge in [0.1, 0.15) is 0 Å². The minimum Gasteiger partial charge on any atom is -0.382 e. The Bertz CT molecular complexity index is 275. The molecular weight excluding hydrogens is 194 g/mol. The van der Waals surface area contributed by atoms with Gasteiger partial charge in [0.15, 0.2) is 0 Å². The molecule has 0 bridgehead atoms. The molecule has 0 aliphatic carbocycles. The molecule has 0 amide bonds. The van der Waals surface area contributed by atoms with Crippen LogP contribution in [0.1, 0.15) is 18.0 Å². The van der Waals surface area contributed by atoms with Crippen molar-refractivity contribution in [1.29, 1.82) is 0 Å². The molecule has 0 fully saturated rings. The third kappa shape index (κ3) is 4.42. The van der Waals surface area contributed by atoms with Crippen molar-refractivity contribution in [2.45, 2.75) is 12.5 Å². The van der Waals surface area contributed by atoms with Gasteiger partial charge in [0, 0.05) is 38.6 Å². The Morgan fingerprint density at radius 2 is 2.27 bits per heavy atom. The van der Waals surface area contributed by atoms with Crippen molar-refractivity contribution < 1.29 is 9.47 Å². The molecule has 1 heterocycles. The van der Waals surface area contributed by atoms with E-state index in [0.29, 0.717) is 19.8 Å². The minimum atomic E-state index is 0.00115. The Morgan fingerprint density at radius 1 is 1.47 bits per heavy atom. The second-order valence-corrected chi connectivity index (χ2v) is 3.45. The average molecular weight is 213 g/mol. The van der Waals surface area contributed by atoms with Crippen LogP contribution in [0, 0.1) is 0 Å². The number of hydrogen-bond acceptors (Lipinski definition) is 4. The summed E-state index contributed by atoms with van der Waals surface area (Å²) in [4.78, 5) is 0. The highest BCUT2D eigenvalue weighted by Gasteiger charge is 2.07. The Labute approximate surface area is 90.2 Å². The van der Waals surface area contributed by atoms with Gasteiger partial charge in [-0.2, -0.15) is 5.10 Å². The van der Waals surface area contributed by atoms with Gasteiger partial charge in [-0.25, -0.2) is 0 Å². The van der Waals surface area contributed by atoms with E-state index in [0.717, 1.165) is 12.0 Å². The highest BCUT2D eigenvalue weighted by atomic mass is 16.5. The zero-order chi connectivity index (χ0) is 11.1. The van der Waals surface area contributed by atoms with Gasteiger partial charge in [-0.3, -0.25) is 4.68 Å². The highest BCUT2D eigenvalue weighted by Crippen LogP contribution is 2.11. The van der Waals surface area contributed by atoms with Crippen LogP contribution in [0.3, 0.4) is 0 Å². The lowest BCUT2D eigenvalue weighted by Crippen LogP contribution is -2.13. The maximum atomic E-state index is 5.96. The molecule has 0 saturated carbocycles. The van der Waals surface area contributed by atoms with Crippen LogP contribution >= 0.6 is 0 Å². The normalized spacial score (nSPS) is 13.0. The molecule has 1 unspecified atom stereocenters. The molecule has 0 aliphatic heterocycles. The molecule has 0 aliphatic rings. The summed E-state index contributed by atoms with van der Waals surface area (Å²) in [6.07, 6.45) is 4.52. The van der Waals surface area contributed by atoms with Gasteiger partial charge in [0.05, 0.1) is 19.4 Å². The number of ether oxygens (including phenoxy) is 2. The van der Waals surface area contributed by atoms with Gasteiger partial charge in [-0.15, -0.1) is 0 Å². The fourth-order valence-electron chi connectivity index (χ4n) is 1.25. The first-order chi connectivity index (χ1) is 7.24. The Balaban J connectivity index is 2.16. The van der Waals surface area contributed by atoms with Crippen molar-refractivity contribution in [3.05, 3.63) is 18.0 Å². The molecule has 86 valence electrons.